The molecule has 0 aromatic rings. The van der Waals surface area contributed by atoms with Crippen molar-refractivity contribution in [2.45, 2.75) is 110 Å². The minimum Gasteiger partial charge on any atom is -0.394 e. The molecular formula is C26H52N2O20. The van der Waals surface area contributed by atoms with E-state index in [1.54, 1.807) is 0 Å². The van der Waals surface area contributed by atoms with Gasteiger partial charge in [0.25, 0.3) is 0 Å². The van der Waals surface area contributed by atoms with Crippen LogP contribution in [0.3, 0.4) is 0 Å². The van der Waals surface area contributed by atoms with Gasteiger partial charge in [-0.3, -0.25) is 4.90 Å². The van der Waals surface area contributed by atoms with Crippen LogP contribution in [0.4, 0.5) is 0 Å². The zero-order valence-corrected chi connectivity index (χ0v) is 25.9. The molecule has 2 rings (SSSR count). The first kappa shape index (κ1) is 43.3. The maximum atomic E-state index is 10.9. The molecule has 0 bridgehead atoms. The second-order valence-electron chi connectivity index (χ2n) is 11.8. The van der Waals surface area contributed by atoms with E-state index >= 15 is 0 Å². The van der Waals surface area contributed by atoms with Crippen LogP contribution in [0.2, 0.25) is 0 Å². The molecule has 2 aliphatic heterocycles. The number of rotatable bonds is 20. The maximum absolute atomic E-state index is 10.9. The third-order valence-electron chi connectivity index (χ3n) is 8.21. The molecule has 0 spiro atoms. The molecule has 22 nitrogen and oxygen atoms in total. The van der Waals surface area contributed by atoms with E-state index in [2.05, 4.69) is 0 Å². The molecule has 286 valence electrons. The Labute approximate surface area is 274 Å². The summed E-state index contributed by atoms with van der Waals surface area (Å²) >= 11 is 0. The Balaban J connectivity index is 2.16. The number of hydrogen-bond donors (Lipinski definition) is 17. The Morgan fingerprint density at radius 1 is 0.542 bits per heavy atom. The van der Waals surface area contributed by atoms with Crippen molar-refractivity contribution in [3.8, 4) is 0 Å². The first-order valence-corrected chi connectivity index (χ1v) is 15.2. The molecule has 2 heterocycles. The van der Waals surface area contributed by atoms with Crippen LogP contribution in [0.15, 0.2) is 0 Å². The van der Waals surface area contributed by atoms with Gasteiger partial charge in [-0.05, 0) is 0 Å². The van der Waals surface area contributed by atoms with E-state index in [4.69, 9.17) is 24.7 Å². The number of hydrogen-bond acceptors (Lipinski definition) is 22. The van der Waals surface area contributed by atoms with E-state index in [0.717, 1.165) is 0 Å². The van der Waals surface area contributed by atoms with Crippen molar-refractivity contribution in [1.82, 2.24) is 4.90 Å². The van der Waals surface area contributed by atoms with Crippen LogP contribution in [0.5, 0.6) is 0 Å². The fourth-order valence-electron chi connectivity index (χ4n) is 5.30. The van der Waals surface area contributed by atoms with E-state index in [1.165, 1.54) is 4.90 Å². The molecule has 0 radical (unpaired) electrons. The van der Waals surface area contributed by atoms with Gasteiger partial charge in [-0.1, -0.05) is 0 Å². The summed E-state index contributed by atoms with van der Waals surface area (Å²) in [5.41, 5.74) is 5.63. The summed E-state index contributed by atoms with van der Waals surface area (Å²) in [5, 5.41) is 163. The highest BCUT2D eigenvalue weighted by Gasteiger charge is 2.48. The third kappa shape index (κ3) is 10.8. The summed E-state index contributed by atoms with van der Waals surface area (Å²) in [6.45, 7) is -5.09. The molecule has 18 N–H and O–H groups in total. The van der Waals surface area contributed by atoms with Crippen LogP contribution >= 0.6 is 0 Å². The normalized spacial score (nSPS) is 36.6. The zero-order chi connectivity index (χ0) is 36.5. The van der Waals surface area contributed by atoms with Crippen molar-refractivity contribution >= 4 is 0 Å². The molecule has 0 aromatic carbocycles. The first-order chi connectivity index (χ1) is 22.6. The second kappa shape index (κ2) is 20.2. The van der Waals surface area contributed by atoms with Crippen molar-refractivity contribution < 1.29 is 101 Å². The van der Waals surface area contributed by atoms with Gasteiger partial charge in [-0.25, -0.2) is 0 Å². The van der Waals surface area contributed by atoms with Crippen LogP contribution < -0.4 is 5.73 Å². The minimum atomic E-state index is -2.08. The quantitative estimate of drug-likeness (QED) is 0.0557. The third-order valence-corrected chi connectivity index (χ3v) is 8.21. The lowest BCUT2D eigenvalue weighted by Crippen LogP contribution is -2.62. The summed E-state index contributed by atoms with van der Waals surface area (Å²) in [5.74, 6) is 0. The molecule has 22 heteroatoms. The average Bonchev–Trinajstić information content (AvgIpc) is 3.07. The molecule has 0 aliphatic carbocycles. The van der Waals surface area contributed by atoms with E-state index in [1.807, 2.05) is 0 Å². The Bertz CT molecular complexity index is 830. The van der Waals surface area contributed by atoms with Crippen molar-refractivity contribution in [3.63, 3.8) is 0 Å². The van der Waals surface area contributed by atoms with E-state index in [-0.39, 0.29) is 13.1 Å². The first-order valence-electron chi connectivity index (χ1n) is 15.2. The average molecular weight is 713 g/mol. The molecule has 2 saturated heterocycles. The summed E-state index contributed by atoms with van der Waals surface area (Å²) in [6.07, 6.45) is -33.4. The van der Waals surface area contributed by atoms with Gasteiger partial charge >= 0.3 is 0 Å². The lowest BCUT2D eigenvalue weighted by molar-refractivity contribution is -0.327. The highest BCUT2D eigenvalue weighted by molar-refractivity contribution is 4.93. The summed E-state index contributed by atoms with van der Waals surface area (Å²) in [4.78, 5) is 1.20. The van der Waals surface area contributed by atoms with Gasteiger partial charge in [-0.15, -0.1) is 0 Å². The monoisotopic (exact) mass is 712 g/mol. The summed E-state index contributed by atoms with van der Waals surface area (Å²) in [6, 6.07) is 0. The molecule has 18 atom stereocenters. The van der Waals surface area contributed by atoms with Gasteiger partial charge in [0.2, 0.25) is 0 Å². The molecule has 2 aliphatic rings. The highest BCUT2D eigenvalue weighted by atomic mass is 16.7. The molecular weight excluding hydrogens is 660 g/mol. The number of nitrogens with two attached hydrogens (primary N) is 1. The standard InChI is InChI=1S/C26H52N2O20/c27-1-2-28(3-9(33)15(37)23(11(35)5-29)47-25-21(43)19(41)17(39)13(7-31)45-25)4-10(34)16(38)24(12(36)6-30)48-26-22(44)20(42)18(40)14(8-32)46-26/h9-26,29-44H,1-8,27H2. The Morgan fingerprint density at radius 3 is 1.19 bits per heavy atom. The van der Waals surface area contributed by atoms with E-state index < -0.39 is 150 Å². The topological polar surface area (TPSA) is 390 Å². The predicted molar refractivity (Wildman–Crippen MR) is 153 cm³/mol. The van der Waals surface area contributed by atoms with Crippen LogP contribution in [-0.4, -0.2) is 249 Å². The largest absolute Gasteiger partial charge is 0.394 e. The number of ether oxygens (including phenoxy) is 4. The Morgan fingerprint density at radius 2 is 0.896 bits per heavy atom. The van der Waals surface area contributed by atoms with Crippen molar-refractivity contribution in [3.05, 3.63) is 0 Å². The molecule has 0 aromatic heterocycles. The lowest BCUT2D eigenvalue weighted by atomic mass is 9.98. The van der Waals surface area contributed by atoms with Crippen LogP contribution in [0.1, 0.15) is 0 Å². The second-order valence-corrected chi connectivity index (χ2v) is 11.8. The summed E-state index contributed by atoms with van der Waals surface area (Å²) in [7, 11) is 0. The summed E-state index contributed by atoms with van der Waals surface area (Å²) < 4.78 is 21.2. The fourth-order valence-corrected chi connectivity index (χ4v) is 5.30. The van der Waals surface area contributed by atoms with Gasteiger partial charge in [0.15, 0.2) is 12.6 Å². The van der Waals surface area contributed by atoms with Gasteiger partial charge < -0.3 is 106 Å². The lowest BCUT2D eigenvalue weighted by Gasteiger charge is -2.43. The molecule has 0 saturated carbocycles. The Kier molecular flexibility index (Phi) is 18.2. The van der Waals surface area contributed by atoms with Crippen LogP contribution in [-0.2, 0) is 18.9 Å². The molecule has 18 unspecified atom stereocenters. The van der Waals surface area contributed by atoms with Gasteiger partial charge in [-0.2, -0.15) is 0 Å². The van der Waals surface area contributed by atoms with Crippen molar-refractivity contribution in [2.75, 3.05) is 52.6 Å². The maximum Gasteiger partial charge on any atom is 0.187 e. The fraction of sp³-hybridized carbons (Fsp3) is 1.00. The van der Waals surface area contributed by atoms with E-state index in [0.29, 0.717) is 0 Å². The number of aliphatic hydroxyl groups excluding tert-OH is 16. The predicted octanol–water partition coefficient (Wildman–Crippen LogP) is -11.2. The number of nitrogens with zero attached hydrogens (tertiary/aromatic N) is 1. The van der Waals surface area contributed by atoms with Crippen molar-refractivity contribution in [2.24, 2.45) is 5.73 Å². The highest BCUT2D eigenvalue weighted by Crippen LogP contribution is 2.27. The van der Waals surface area contributed by atoms with Crippen molar-refractivity contribution in [1.29, 1.82) is 0 Å². The molecule has 2 fully saturated rings. The van der Waals surface area contributed by atoms with Crippen LogP contribution in [0, 0.1) is 0 Å². The number of aliphatic hydroxyl groups is 16. The SMILES string of the molecule is NCCN(CC(O)C(O)C(OC1OC(CO)C(O)C(O)C1O)C(O)CO)CC(O)C(O)C(OC1OC(CO)C(O)C(O)C1O)C(O)CO. The van der Waals surface area contributed by atoms with Gasteiger partial charge in [0.05, 0.1) is 38.6 Å². The molecule has 48 heavy (non-hydrogen) atoms. The zero-order valence-electron chi connectivity index (χ0n) is 25.9. The Hall–Kier alpha value is -0.880. The van der Waals surface area contributed by atoms with Crippen LogP contribution in [0.25, 0.3) is 0 Å². The van der Waals surface area contributed by atoms with Gasteiger partial charge in [0, 0.05) is 26.2 Å². The molecule has 0 amide bonds. The van der Waals surface area contributed by atoms with E-state index in [9.17, 15) is 81.7 Å². The smallest absolute Gasteiger partial charge is 0.187 e. The van der Waals surface area contributed by atoms with Gasteiger partial charge in [0.1, 0.15) is 85.5 Å². The minimum absolute atomic E-state index is 0.111.